The minimum Gasteiger partial charge on any atom is -0.335 e. The number of nitriles is 1. The van der Waals surface area contributed by atoms with Gasteiger partial charge in [-0.1, -0.05) is 314 Å². The van der Waals surface area contributed by atoms with Crippen molar-refractivity contribution < 1.29 is 0 Å². The molecule has 8 nitrogen and oxygen atoms in total. The molecule has 24 rings (SSSR count). The number of rotatable bonds is 4. The summed E-state index contributed by atoms with van der Waals surface area (Å²) in [6.45, 7) is 54.5. The van der Waals surface area contributed by atoms with E-state index in [0.29, 0.717) is 5.56 Å². The van der Waals surface area contributed by atoms with E-state index >= 15 is 0 Å². The number of aromatic nitrogens is 7. The normalized spacial score (nSPS) is 12.4. The predicted molar refractivity (Wildman–Crippen MR) is 627 cm³/mol. The number of benzene rings is 17. The number of hydrogen-bond acceptors (Lipinski definition) is 1. The molecule has 0 saturated heterocycles. The second-order valence-corrected chi connectivity index (χ2v) is 47.1. The Balaban J connectivity index is 0.000000111. The smallest absolute Gasteiger partial charge is 0.0991 e. The lowest BCUT2D eigenvalue weighted by atomic mass is 9.85. The maximum atomic E-state index is 9.15. The summed E-state index contributed by atoms with van der Waals surface area (Å²) in [5.74, 6) is 2.69. The molecule has 8 heteroatoms. The molecule has 24 aromatic rings. The molecule has 0 aliphatic carbocycles. The molecule has 0 unspecified atom stereocenters. The highest BCUT2D eigenvalue weighted by Gasteiger charge is 2.31. The number of nitrogens with zero attached hydrogens (tertiary/aromatic N) is 8. The minimum atomic E-state index is -0.0598. The van der Waals surface area contributed by atoms with E-state index in [-0.39, 0.29) is 44.1 Å². The van der Waals surface area contributed by atoms with Gasteiger partial charge >= 0.3 is 0 Å². The molecule has 145 heavy (non-hydrogen) atoms. The first kappa shape index (κ1) is 98.2. The van der Waals surface area contributed by atoms with E-state index in [1.807, 2.05) is 30.3 Å². The van der Waals surface area contributed by atoms with Gasteiger partial charge in [0.25, 0.3) is 0 Å². The average molecular weight is 1890 g/mol. The molecule has 7 aromatic heterocycles. The van der Waals surface area contributed by atoms with Crippen molar-refractivity contribution in [2.24, 2.45) is 0 Å². The van der Waals surface area contributed by atoms with Crippen molar-refractivity contribution in [3.05, 3.63) is 404 Å². The highest BCUT2D eigenvalue weighted by Crippen LogP contribution is 2.48. The Labute approximate surface area is 856 Å². The lowest BCUT2D eigenvalue weighted by Gasteiger charge is -2.26. The first-order valence-electron chi connectivity index (χ1n) is 51.3. The number of terminal acetylenes is 1. The summed E-state index contributed by atoms with van der Waals surface area (Å²) in [4.78, 5) is 0. The zero-order valence-electron chi connectivity index (χ0n) is 89.0. The molecule has 0 spiro atoms. The Morgan fingerprint density at radius 1 is 0.193 bits per heavy atom. The molecule has 7 heterocycles. The van der Waals surface area contributed by atoms with Gasteiger partial charge in [0, 0.05) is 186 Å². The van der Waals surface area contributed by atoms with E-state index < -0.39 is 0 Å². The Bertz CT molecular complexity index is 8780. The molecule has 0 radical (unpaired) electrons. The van der Waals surface area contributed by atoms with E-state index in [0.717, 1.165) is 27.4 Å². The zero-order chi connectivity index (χ0) is 103. The van der Waals surface area contributed by atoms with Gasteiger partial charge in [-0.25, -0.2) is 0 Å². The number of fused-ring (bicyclic) bond motifs is 21. The van der Waals surface area contributed by atoms with Gasteiger partial charge in [0.1, 0.15) is 0 Å². The highest BCUT2D eigenvalue weighted by molar-refractivity contribution is 6.19. The lowest BCUT2D eigenvalue weighted by Crippen LogP contribution is -2.22. The second-order valence-electron chi connectivity index (χ2n) is 47.1. The van der Waals surface area contributed by atoms with Crippen molar-refractivity contribution in [2.75, 3.05) is 0 Å². The molecule has 0 aliphatic heterocycles. The third-order valence-corrected chi connectivity index (χ3v) is 28.4. The lowest BCUT2D eigenvalue weighted by molar-refractivity contribution is 0.423. The largest absolute Gasteiger partial charge is 0.335 e. The van der Waals surface area contributed by atoms with Crippen LogP contribution in [0.4, 0.5) is 0 Å². The van der Waals surface area contributed by atoms with Crippen molar-refractivity contribution in [2.45, 2.75) is 210 Å². The summed E-state index contributed by atoms with van der Waals surface area (Å²) in [6, 6.07) is 139. The standard InChI is InChI=1S/C28H24N2.C28H25N.C24H33N.C22H21N.C19H16N2.C16H17N/c1-28(2,3)30-26-15-9-6-12-22(26)23-18-19(16-17-27(23)30)29-24-13-7-4-10-20(24)21-11-5-8-14-25(21)29;1-28(2,3)29-26-22(20-12-6-4-7-13-20)16-10-18-24(26)25-19-11-17-23(27(25)29)21-14-8-5-9-15-21;1-22(2,3)16-10-12-20-18(14-16)19-15-17(23(4,5)6)11-13-21(19)25(20)24(7,8)9;1-22(2,3)23-20-15-8-7-12-18(20)19-14-9-13-17(21(19)23)16-10-5-4-6-11-16;1-5-13-6-8-17-15(10-13)16-11-14(12-20)7-9-18(16)21(17)19(2,3)4;1-16(2,3)17-14-10-6-4-8-12(14)13-9-5-7-11-15(13)17/h4-18H,1-3H3;4-19H,1-3H3;10-15H,1-9H3;4-15H,1-3H3;1,6-11H,2-4H3;4-11H,1-3H3. The molecule has 0 N–H and O–H groups in total. The predicted octanol–water partition coefficient (Wildman–Crippen LogP) is 37.8. The Kier molecular flexibility index (Phi) is 25.5. The molecule has 0 aliphatic rings. The topological polar surface area (TPSA) is 58.3 Å². The van der Waals surface area contributed by atoms with Gasteiger partial charge in [-0.15, -0.1) is 6.42 Å². The van der Waals surface area contributed by atoms with Crippen molar-refractivity contribution in [1.82, 2.24) is 32.0 Å². The second kappa shape index (κ2) is 37.6. The van der Waals surface area contributed by atoms with Gasteiger partial charge < -0.3 is 32.0 Å². The van der Waals surface area contributed by atoms with Crippen molar-refractivity contribution in [3.63, 3.8) is 0 Å². The number of para-hydroxylation sites is 9. The van der Waals surface area contributed by atoms with Crippen molar-refractivity contribution >= 4 is 153 Å². The minimum absolute atomic E-state index is 0.00964. The van der Waals surface area contributed by atoms with Crippen molar-refractivity contribution in [3.8, 4) is 57.5 Å². The molecular formula is C137H136N8. The van der Waals surface area contributed by atoms with Crippen LogP contribution in [0.3, 0.4) is 0 Å². The van der Waals surface area contributed by atoms with Gasteiger partial charge in [-0.05, 0) is 279 Å². The van der Waals surface area contributed by atoms with Crippen LogP contribution in [0.1, 0.15) is 188 Å². The third kappa shape index (κ3) is 18.5. The number of hydrogen-bond donors (Lipinski definition) is 0. The van der Waals surface area contributed by atoms with E-state index in [1.54, 1.807) is 0 Å². The summed E-state index contributed by atoms with van der Waals surface area (Å²) in [5.41, 5.74) is 31.5. The Morgan fingerprint density at radius 2 is 0.428 bits per heavy atom. The van der Waals surface area contributed by atoms with Crippen molar-refractivity contribution in [1.29, 1.82) is 5.26 Å². The van der Waals surface area contributed by atoms with Crippen LogP contribution in [0.2, 0.25) is 0 Å². The summed E-state index contributed by atoms with van der Waals surface area (Å²) in [7, 11) is 0. The van der Waals surface area contributed by atoms with Crippen LogP contribution in [0.15, 0.2) is 382 Å². The Hall–Kier alpha value is -15.6. The van der Waals surface area contributed by atoms with Crippen LogP contribution in [-0.2, 0) is 44.1 Å². The average Bonchev–Trinajstić information content (AvgIpc) is 1.56. The van der Waals surface area contributed by atoms with Gasteiger partial charge in [0.2, 0.25) is 0 Å². The molecule has 0 saturated carbocycles. The fourth-order valence-corrected chi connectivity index (χ4v) is 22.3. The fourth-order valence-electron chi connectivity index (χ4n) is 22.3. The van der Waals surface area contributed by atoms with Crippen LogP contribution < -0.4 is 0 Å². The molecule has 0 fully saturated rings. The molecule has 0 atom stereocenters. The van der Waals surface area contributed by atoms with Crippen LogP contribution in [0.5, 0.6) is 0 Å². The highest BCUT2D eigenvalue weighted by atomic mass is 15.1. The third-order valence-electron chi connectivity index (χ3n) is 28.4. The summed E-state index contributed by atoms with van der Waals surface area (Å²) < 4.78 is 17.1. The Morgan fingerprint density at radius 3 is 0.752 bits per heavy atom. The van der Waals surface area contributed by atoms with Gasteiger partial charge in [0.05, 0.1) is 39.2 Å². The molecular weight excluding hydrogens is 1760 g/mol. The van der Waals surface area contributed by atoms with Gasteiger partial charge in [0.15, 0.2) is 0 Å². The molecule has 0 bridgehead atoms. The SMILES string of the molecule is C#Cc1ccc2c(c1)c1cc(C#N)ccc1n2C(C)(C)C.CC(C)(C)c1ccc2c(c1)c1cc(C(C)(C)C)ccc1n2C(C)(C)C.CC(C)(C)n1c2c(-c3ccccc3)cccc2c2cccc(-c3ccccc3)c21.CC(C)(C)n1c2ccccc2c2cc(-n3c4ccccc4c4ccccc43)ccc21.CC(C)(C)n1c2ccccc2c2cccc(-c3ccccc3)c21.CC(C)(C)n1c2ccccc2c2ccccc21. The van der Waals surface area contributed by atoms with Crippen LogP contribution in [-0.4, -0.2) is 32.0 Å². The molecule has 0 amide bonds. The monoisotopic (exact) mass is 1890 g/mol. The van der Waals surface area contributed by atoms with E-state index in [4.69, 9.17) is 11.7 Å². The van der Waals surface area contributed by atoms with Gasteiger partial charge in [-0.2, -0.15) is 5.26 Å². The van der Waals surface area contributed by atoms with E-state index in [9.17, 15) is 0 Å². The van der Waals surface area contributed by atoms with E-state index in [1.165, 1.54) is 181 Å². The summed E-state index contributed by atoms with van der Waals surface area (Å²) >= 11 is 0. The first-order valence-corrected chi connectivity index (χ1v) is 51.3. The first-order chi connectivity index (χ1) is 69.0. The van der Waals surface area contributed by atoms with Crippen LogP contribution >= 0.6 is 0 Å². The summed E-state index contributed by atoms with van der Waals surface area (Å²) in [6.07, 6.45) is 5.52. The zero-order valence-corrected chi connectivity index (χ0v) is 89.0. The maximum absolute atomic E-state index is 9.15. The fraction of sp³-hybridized carbons (Fsp3) is 0.234. The maximum Gasteiger partial charge on any atom is 0.0991 e. The summed E-state index contributed by atoms with van der Waals surface area (Å²) in [5, 5.41) is 27.3. The van der Waals surface area contributed by atoms with Gasteiger partial charge in [-0.3, -0.25) is 0 Å². The quantitative estimate of drug-likeness (QED) is 0.162. The van der Waals surface area contributed by atoms with Crippen LogP contribution in [0.25, 0.3) is 192 Å². The molecule has 724 valence electrons. The van der Waals surface area contributed by atoms with E-state index in [2.05, 4.69) is 562 Å². The van der Waals surface area contributed by atoms with Crippen LogP contribution in [0, 0.1) is 23.7 Å². The molecule has 17 aromatic carbocycles.